The summed E-state index contributed by atoms with van der Waals surface area (Å²) in [6, 6.07) is 17.2. The van der Waals surface area contributed by atoms with Crippen LogP contribution >= 0.6 is 23.2 Å². The van der Waals surface area contributed by atoms with Gasteiger partial charge in [0.2, 0.25) is 0 Å². The zero-order chi connectivity index (χ0) is 26.4. The molecule has 1 fully saturated rings. The second-order valence-electron chi connectivity index (χ2n) is 8.84. The third kappa shape index (κ3) is 6.90. The van der Waals surface area contributed by atoms with Crippen molar-refractivity contribution in [1.29, 1.82) is 5.26 Å². The van der Waals surface area contributed by atoms with Gasteiger partial charge in [-0.1, -0.05) is 53.5 Å². The first kappa shape index (κ1) is 26.7. The number of aliphatic hydroxyl groups is 1. The van der Waals surface area contributed by atoms with E-state index in [0.717, 1.165) is 25.9 Å². The van der Waals surface area contributed by atoms with Gasteiger partial charge in [0.05, 0.1) is 27.4 Å². The molecule has 192 valence electrons. The number of likely N-dealkylation sites (tertiary alicyclic amines) is 1. The number of carbonyl (C=O) groups is 1. The first-order chi connectivity index (χ1) is 17.8. The molecule has 1 aliphatic rings. The van der Waals surface area contributed by atoms with E-state index in [1.54, 1.807) is 42.5 Å². The molecule has 1 aromatic heterocycles. The SMILES string of the molecule is N#Cc1cc(C(=O)NC[C@@H](O)CN2CCC(Oc3ccc(Cl)c(Cl)c3)CC2)c(-c2ccccc2)[nH]c1=O. The average Bonchev–Trinajstić information content (AvgIpc) is 2.91. The van der Waals surface area contributed by atoms with Gasteiger partial charge in [0.25, 0.3) is 11.5 Å². The minimum absolute atomic E-state index is 0.0216. The maximum atomic E-state index is 13.0. The van der Waals surface area contributed by atoms with Crippen LogP contribution in [0.3, 0.4) is 0 Å². The quantitative estimate of drug-likeness (QED) is 0.399. The molecular formula is C27H26Cl2N4O4. The Labute approximate surface area is 224 Å². The fourth-order valence-electron chi connectivity index (χ4n) is 4.25. The van der Waals surface area contributed by atoms with Crippen molar-refractivity contribution in [2.75, 3.05) is 26.2 Å². The van der Waals surface area contributed by atoms with E-state index in [-0.39, 0.29) is 23.8 Å². The molecule has 2 heterocycles. The highest BCUT2D eigenvalue weighted by Crippen LogP contribution is 2.28. The molecule has 10 heteroatoms. The van der Waals surface area contributed by atoms with Crippen LogP contribution in [-0.2, 0) is 0 Å². The predicted octanol–water partition coefficient (Wildman–Crippen LogP) is 3.85. The van der Waals surface area contributed by atoms with Crippen molar-refractivity contribution in [3.63, 3.8) is 0 Å². The Morgan fingerprint density at radius 1 is 1.16 bits per heavy atom. The minimum atomic E-state index is -0.796. The van der Waals surface area contributed by atoms with E-state index in [2.05, 4.69) is 15.2 Å². The molecule has 0 unspecified atom stereocenters. The van der Waals surface area contributed by atoms with Crippen molar-refractivity contribution in [3.8, 4) is 23.1 Å². The number of carbonyl (C=O) groups excluding carboxylic acids is 1. The standard InChI is InChI=1S/C27H26Cl2N4O4/c28-23-7-6-21(13-24(23)29)37-20-8-10-33(11-9-20)16-19(34)15-31-27(36)22-12-18(14-30)26(35)32-25(22)17-4-2-1-3-5-17/h1-7,12-13,19-20,34H,8-11,15-16H2,(H,31,36)(H,32,35)/t19-/m1/s1. The monoisotopic (exact) mass is 540 g/mol. The Balaban J connectivity index is 1.30. The third-order valence-corrected chi connectivity index (χ3v) is 6.90. The summed E-state index contributed by atoms with van der Waals surface area (Å²) in [7, 11) is 0. The maximum absolute atomic E-state index is 13.0. The van der Waals surface area contributed by atoms with Crippen molar-refractivity contribution in [2.24, 2.45) is 0 Å². The summed E-state index contributed by atoms with van der Waals surface area (Å²) < 4.78 is 6.01. The van der Waals surface area contributed by atoms with Crippen LogP contribution < -0.4 is 15.6 Å². The normalized spacial score (nSPS) is 15.1. The van der Waals surface area contributed by atoms with E-state index in [9.17, 15) is 20.0 Å². The molecule has 1 amide bonds. The number of ether oxygens (including phenoxy) is 1. The summed E-state index contributed by atoms with van der Waals surface area (Å²) in [5.41, 5.74) is 0.400. The van der Waals surface area contributed by atoms with Gasteiger partial charge in [-0.25, -0.2) is 0 Å². The number of hydrogen-bond donors (Lipinski definition) is 3. The second-order valence-corrected chi connectivity index (χ2v) is 9.65. The van der Waals surface area contributed by atoms with Crippen molar-refractivity contribution in [2.45, 2.75) is 25.0 Å². The molecule has 2 aromatic carbocycles. The number of rotatable bonds is 8. The minimum Gasteiger partial charge on any atom is -0.490 e. The van der Waals surface area contributed by atoms with Crippen LogP contribution in [0, 0.1) is 11.3 Å². The zero-order valence-electron chi connectivity index (χ0n) is 19.9. The number of piperidine rings is 1. The van der Waals surface area contributed by atoms with E-state index < -0.39 is 17.6 Å². The molecule has 0 radical (unpaired) electrons. The molecule has 0 spiro atoms. The van der Waals surface area contributed by atoms with Crippen LogP contribution in [0.2, 0.25) is 10.0 Å². The van der Waals surface area contributed by atoms with Gasteiger partial charge in [0, 0.05) is 32.2 Å². The Morgan fingerprint density at radius 2 is 1.89 bits per heavy atom. The lowest BCUT2D eigenvalue weighted by molar-refractivity contribution is 0.0594. The number of H-pyrrole nitrogens is 1. The summed E-state index contributed by atoms with van der Waals surface area (Å²) in [4.78, 5) is 29.9. The number of nitriles is 1. The number of aromatic amines is 1. The Hall–Kier alpha value is -3.35. The zero-order valence-corrected chi connectivity index (χ0v) is 21.4. The second kappa shape index (κ2) is 12.3. The number of nitrogens with one attached hydrogen (secondary N) is 2. The maximum Gasteiger partial charge on any atom is 0.266 e. The number of β-amino-alcohol motifs (C(OH)–C–C–N with tert-alkyl or cyclic N) is 1. The number of aromatic nitrogens is 1. The molecule has 0 bridgehead atoms. The van der Waals surface area contributed by atoms with E-state index in [1.807, 2.05) is 12.1 Å². The molecule has 8 nitrogen and oxygen atoms in total. The lowest BCUT2D eigenvalue weighted by atomic mass is 10.0. The number of hydrogen-bond acceptors (Lipinski definition) is 6. The number of amides is 1. The van der Waals surface area contributed by atoms with E-state index in [0.29, 0.717) is 33.6 Å². The first-order valence-electron chi connectivity index (χ1n) is 11.9. The fraction of sp³-hybridized carbons (Fsp3) is 0.296. The Kier molecular flexibility index (Phi) is 8.85. The summed E-state index contributed by atoms with van der Waals surface area (Å²) in [6.07, 6.45) is 0.813. The number of pyridine rings is 1. The number of nitrogens with zero attached hydrogens (tertiary/aromatic N) is 2. The molecule has 1 saturated heterocycles. The van der Waals surface area contributed by atoms with Gasteiger partial charge in [-0.15, -0.1) is 0 Å². The van der Waals surface area contributed by atoms with Crippen LogP contribution in [0.1, 0.15) is 28.8 Å². The molecule has 3 aromatic rings. The number of halogens is 2. The van der Waals surface area contributed by atoms with Crippen LogP contribution in [0.15, 0.2) is 59.4 Å². The highest BCUT2D eigenvalue weighted by Gasteiger charge is 2.23. The number of benzene rings is 2. The van der Waals surface area contributed by atoms with E-state index in [1.165, 1.54) is 6.07 Å². The van der Waals surface area contributed by atoms with Gasteiger partial charge in [-0.05, 0) is 36.6 Å². The van der Waals surface area contributed by atoms with Gasteiger partial charge < -0.3 is 25.0 Å². The predicted molar refractivity (Wildman–Crippen MR) is 142 cm³/mol. The summed E-state index contributed by atoms with van der Waals surface area (Å²) in [6.45, 7) is 1.88. The van der Waals surface area contributed by atoms with Crippen LogP contribution in [0.25, 0.3) is 11.3 Å². The molecule has 0 saturated carbocycles. The van der Waals surface area contributed by atoms with Crippen LogP contribution in [0.4, 0.5) is 0 Å². The first-order valence-corrected chi connectivity index (χ1v) is 12.6. The lowest BCUT2D eigenvalue weighted by Gasteiger charge is -2.33. The van der Waals surface area contributed by atoms with E-state index >= 15 is 0 Å². The van der Waals surface area contributed by atoms with Gasteiger partial charge in [0.1, 0.15) is 23.5 Å². The Bertz CT molecular complexity index is 1350. The highest BCUT2D eigenvalue weighted by atomic mass is 35.5. The summed E-state index contributed by atoms with van der Waals surface area (Å²) in [5, 5.41) is 23.5. The van der Waals surface area contributed by atoms with Crippen molar-refractivity contribution in [1.82, 2.24) is 15.2 Å². The molecule has 3 N–H and O–H groups in total. The summed E-state index contributed by atoms with van der Waals surface area (Å²) >= 11 is 12.0. The van der Waals surface area contributed by atoms with Gasteiger partial charge >= 0.3 is 0 Å². The topological polar surface area (TPSA) is 118 Å². The van der Waals surface area contributed by atoms with Gasteiger partial charge in [-0.2, -0.15) is 5.26 Å². The van der Waals surface area contributed by atoms with Crippen molar-refractivity contribution in [3.05, 3.63) is 86.1 Å². The van der Waals surface area contributed by atoms with Gasteiger partial charge in [0.15, 0.2) is 0 Å². The van der Waals surface area contributed by atoms with Crippen molar-refractivity contribution < 1.29 is 14.6 Å². The third-order valence-electron chi connectivity index (χ3n) is 6.16. The van der Waals surface area contributed by atoms with Crippen LogP contribution in [0.5, 0.6) is 5.75 Å². The lowest BCUT2D eigenvalue weighted by Crippen LogP contribution is -2.45. The van der Waals surface area contributed by atoms with E-state index in [4.69, 9.17) is 27.9 Å². The van der Waals surface area contributed by atoms with Gasteiger partial charge in [-0.3, -0.25) is 9.59 Å². The molecule has 1 atom stereocenters. The smallest absolute Gasteiger partial charge is 0.266 e. The molecular weight excluding hydrogens is 515 g/mol. The van der Waals surface area contributed by atoms with Crippen LogP contribution in [-0.4, -0.2) is 59.3 Å². The molecule has 37 heavy (non-hydrogen) atoms. The van der Waals surface area contributed by atoms with Crippen molar-refractivity contribution >= 4 is 29.1 Å². The fourth-order valence-corrected chi connectivity index (χ4v) is 4.53. The molecule has 1 aliphatic heterocycles. The Morgan fingerprint density at radius 3 is 2.57 bits per heavy atom. The highest BCUT2D eigenvalue weighted by molar-refractivity contribution is 6.42. The summed E-state index contributed by atoms with van der Waals surface area (Å²) in [5.74, 6) is 0.187. The largest absolute Gasteiger partial charge is 0.490 e. The average molecular weight is 541 g/mol. The molecule has 4 rings (SSSR count). The molecule has 0 aliphatic carbocycles. The number of aliphatic hydroxyl groups excluding tert-OH is 1.